The molecule has 0 radical (unpaired) electrons. The summed E-state index contributed by atoms with van der Waals surface area (Å²) in [4.78, 5) is 14.4. The normalized spacial score (nSPS) is 10.2. The molecular weight excluding hydrogens is 242 g/mol. The van der Waals surface area contributed by atoms with Crippen molar-refractivity contribution >= 4 is 33.2 Å². The van der Waals surface area contributed by atoms with E-state index in [-0.39, 0.29) is 6.42 Å². The molecule has 1 rings (SSSR count). The van der Waals surface area contributed by atoms with E-state index in [2.05, 4.69) is 20.9 Å². The second-order valence-corrected chi connectivity index (χ2v) is 4.87. The topological polar surface area (TPSA) is 50.2 Å². The maximum absolute atomic E-state index is 10.3. The van der Waals surface area contributed by atoms with Crippen molar-refractivity contribution in [1.29, 1.82) is 0 Å². The molecule has 0 saturated heterocycles. The molecule has 0 aromatic carbocycles. The molecule has 0 unspecified atom stereocenters. The van der Waals surface area contributed by atoms with Crippen LogP contribution in [0.2, 0.25) is 0 Å². The maximum Gasteiger partial charge on any atom is 0.303 e. The number of rotatable bonds is 3. The van der Waals surface area contributed by atoms with E-state index in [1.165, 1.54) is 11.3 Å². The Labute approximate surface area is 82.6 Å². The van der Waals surface area contributed by atoms with Crippen LogP contribution in [0, 0.1) is 6.92 Å². The summed E-state index contributed by atoms with van der Waals surface area (Å²) in [6, 6.07) is 0. The lowest BCUT2D eigenvalue weighted by Crippen LogP contribution is -1.97. The number of aryl methyl sites for hydroxylation is 2. The number of aromatic nitrogens is 1. The summed E-state index contributed by atoms with van der Waals surface area (Å²) in [5, 5.41) is 9.39. The highest BCUT2D eigenvalue weighted by atomic mass is 79.9. The fraction of sp³-hybridized carbons (Fsp3) is 0.429. The largest absolute Gasteiger partial charge is 0.481 e. The third-order valence-electron chi connectivity index (χ3n) is 1.33. The zero-order chi connectivity index (χ0) is 9.14. The van der Waals surface area contributed by atoms with Crippen LogP contribution in [-0.4, -0.2) is 16.1 Å². The van der Waals surface area contributed by atoms with E-state index in [1.54, 1.807) is 0 Å². The van der Waals surface area contributed by atoms with Crippen molar-refractivity contribution in [2.75, 3.05) is 0 Å². The predicted octanol–water partition coefficient (Wildman–Crippen LogP) is 2.23. The first-order chi connectivity index (χ1) is 5.59. The Balaban J connectivity index is 2.62. The Morgan fingerprint density at radius 1 is 1.75 bits per heavy atom. The number of hydrogen-bond acceptors (Lipinski definition) is 3. The molecule has 0 atom stereocenters. The molecule has 0 bridgehead atoms. The van der Waals surface area contributed by atoms with Crippen molar-refractivity contribution in [3.8, 4) is 0 Å². The number of carboxylic acid groups (broad SMARTS) is 1. The van der Waals surface area contributed by atoms with Gasteiger partial charge < -0.3 is 5.11 Å². The van der Waals surface area contributed by atoms with Gasteiger partial charge in [-0.1, -0.05) is 0 Å². The lowest BCUT2D eigenvalue weighted by molar-refractivity contribution is -0.136. The highest BCUT2D eigenvalue weighted by Crippen LogP contribution is 2.24. The van der Waals surface area contributed by atoms with Crippen molar-refractivity contribution in [1.82, 2.24) is 4.98 Å². The number of carboxylic acids is 1. The average Bonchev–Trinajstić information content (AvgIpc) is 2.26. The average molecular weight is 250 g/mol. The van der Waals surface area contributed by atoms with Crippen LogP contribution in [-0.2, 0) is 11.2 Å². The van der Waals surface area contributed by atoms with E-state index >= 15 is 0 Å². The summed E-state index contributed by atoms with van der Waals surface area (Å²) in [5.41, 5.74) is 0.847. The van der Waals surface area contributed by atoms with Gasteiger partial charge >= 0.3 is 5.97 Å². The maximum atomic E-state index is 10.3. The Hall–Kier alpha value is -0.420. The molecular formula is C7H8BrNO2S. The standard InChI is InChI=1S/C7H8BrNO2S/c1-4-9-5(7(8)12-4)2-3-6(10)11/h2-3H2,1H3,(H,10,11). The second-order valence-electron chi connectivity index (χ2n) is 2.35. The fourth-order valence-electron chi connectivity index (χ4n) is 0.825. The molecule has 3 nitrogen and oxygen atoms in total. The highest BCUT2D eigenvalue weighted by molar-refractivity contribution is 9.11. The second kappa shape index (κ2) is 4.00. The lowest BCUT2D eigenvalue weighted by Gasteiger charge is -1.92. The molecule has 0 spiro atoms. The Bertz CT molecular complexity index is 298. The van der Waals surface area contributed by atoms with Crippen molar-refractivity contribution in [3.05, 3.63) is 14.5 Å². The van der Waals surface area contributed by atoms with Gasteiger partial charge in [-0.3, -0.25) is 4.79 Å². The highest BCUT2D eigenvalue weighted by Gasteiger charge is 2.07. The zero-order valence-electron chi connectivity index (χ0n) is 6.50. The Morgan fingerprint density at radius 3 is 2.83 bits per heavy atom. The minimum Gasteiger partial charge on any atom is -0.481 e. The Kier molecular flexibility index (Phi) is 3.22. The SMILES string of the molecule is Cc1nc(CCC(=O)O)c(Br)s1. The number of halogens is 1. The van der Waals surface area contributed by atoms with E-state index in [4.69, 9.17) is 5.11 Å². The molecule has 0 fully saturated rings. The van der Waals surface area contributed by atoms with Gasteiger partial charge in [0, 0.05) is 6.42 Å². The van der Waals surface area contributed by atoms with Crippen LogP contribution < -0.4 is 0 Å². The van der Waals surface area contributed by atoms with Crippen LogP contribution in [0.15, 0.2) is 3.79 Å². The van der Waals surface area contributed by atoms with E-state index in [9.17, 15) is 4.79 Å². The molecule has 12 heavy (non-hydrogen) atoms. The van der Waals surface area contributed by atoms with Crippen LogP contribution in [0.3, 0.4) is 0 Å². The lowest BCUT2D eigenvalue weighted by atomic mass is 10.2. The summed E-state index contributed by atoms with van der Waals surface area (Å²) in [6.45, 7) is 1.90. The third-order valence-corrected chi connectivity index (χ3v) is 3.08. The number of hydrogen-bond donors (Lipinski definition) is 1. The van der Waals surface area contributed by atoms with E-state index in [1.807, 2.05) is 6.92 Å². The molecule has 0 aliphatic carbocycles. The van der Waals surface area contributed by atoms with Gasteiger partial charge in [0.1, 0.15) is 0 Å². The zero-order valence-corrected chi connectivity index (χ0v) is 8.91. The molecule has 0 saturated carbocycles. The number of nitrogens with zero attached hydrogens (tertiary/aromatic N) is 1. The Morgan fingerprint density at radius 2 is 2.42 bits per heavy atom. The van der Waals surface area contributed by atoms with Gasteiger partial charge in [0.2, 0.25) is 0 Å². The summed E-state index contributed by atoms with van der Waals surface area (Å²) in [5.74, 6) is -0.785. The van der Waals surface area contributed by atoms with Crippen molar-refractivity contribution in [2.24, 2.45) is 0 Å². The predicted molar refractivity (Wildman–Crippen MR) is 50.5 cm³/mol. The van der Waals surface area contributed by atoms with Crippen LogP contribution in [0.25, 0.3) is 0 Å². The van der Waals surface area contributed by atoms with Gasteiger partial charge in [0.25, 0.3) is 0 Å². The smallest absolute Gasteiger partial charge is 0.303 e. The molecule has 0 aliphatic rings. The van der Waals surface area contributed by atoms with E-state index < -0.39 is 5.97 Å². The van der Waals surface area contributed by atoms with Crippen LogP contribution in [0.4, 0.5) is 0 Å². The molecule has 0 aliphatic heterocycles. The quantitative estimate of drug-likeness (QED) is 0.894. The third kappa shape index (κ3) is 2.57. The number of carbonyl (C=O) groups is 1. The summed E-state index contributed by atoms with van der Waals surface area (Å²) >= 11 is 4.86. The van der Waals surface area contributed by atoms with Gasteiger partial charge in [-0.2, -0.15) is 0 Å². The molecule has 1 heterocycles. The summed E-state index contributed by atoms with van der Waals surface area (Å²) < 4.78 is 0.946. The van der Waals surface area contributed by atoms with Crippen LogP contribution in [0.1, 0.15) is 17.1 Å². The minimum atomic E-state index is -0.785. The van der Waals surface area contributed by atoms with Crippen molar-refractivity contribution in [2.45, 2.75) is 19.8 Å². The van der Waals surface area contributed by atoms with Crippen LogP contribution >= 0.6 is 27.3 Å². The van der Waals surface area contributed by atoms with Crippen LogP contribution in [0.5, 0.6) is 0 Å². The van der Waals surface area contributed by atoms with E-state index in [0.717, 1.165) is 14.5 Å². The number of aliphatic carboxylic acids is 1. The number of thiazole rings is 1. The van der Waals surface area contributed by atoms with Crippen molar-refractivity contribution < 1.29 is 9.90 Å². The monoisotopic (exact) mass is 249 g/mol. The molecule has 1 aromatic rings. The fourth-order valence-corrected chi connectivity index (χ4v) is 2.50. The molecule has 66 valence electrons. The van der Waals surface area contributed by atoms with Gasteiger partial charge in [0.15, 0.2) is 0 Å². The molecule has 5 heteroatoms. The van der Waals surface area contributed by atoms with E-state index in [0.29, 0.717) is 6.42 Å². The van der Waals surface area contributed by atoms with Gasteiger partial charge in [-0.05, 0) is 22.9 Å². The van der Waals surface area contributed by atoms with Gasteiger partial charge in [0.05, 0.1) is 20.9 Å². The molecule has 1 N–H and O–H groups in total. The first-order valence-corrected chi connectivity index (χ1v) is 5.04. The molecule has 1 aromatic heterocycles. The summed E-state index contributed by atoms with van der Waals surface area (Å²) in [6.07, 6.45) is 0.641. The minimum absolute atomic E-state index is 0.141. The molecule has 0 amide bonds. The first-order valence-electron chi connectivity index (χ1n) is 3.43. The first kappa shape index (κ1) is 9.67. The summed E-state index contributed by atoms with van der Waals surface area (Å²) in [7, 11) is 0. The van der Waals surface area contributed by atoms with Gasteiger partial charge in [-0.15, -0.1) is 11.3 Å². The van der Waals surface area contributed by atoms with Crippen molar-refractivity contribution in [3.63, 3.8) is 0 Å². The van der Waals surface area contributed by atoms with Gasteiger partial charge in [-0.25, -0.2) is 4.98 Å².